The Morgan fingerprint density at radius 1 is 1.09 bits per heavy atom. The maximum atomic E-state index is 6.05. The number of H-pyrrole nitrogens is 1. The molecule has 176 valence electrons. The van der Waals surface area contributed by atoms with Crippen LogP contribution in [0.2, 0.25) is 0 Å². The van der Waals surface area contributed by atoms with E-state index in [0.29, 0.717) is 24.6 Å². The SMILES string of the molecule is NCC(Cc1nccc(-c2[nH]nc3nc(NCCN4CCOCC4)ncc23)n1)c1ccccc1. The van der Waals surface area contributed by atoms with Gasteiger partial charge in [0.1, 0.15) is 5.82 Å². The first kappa shape index (κ1) is 22.3. The van der Waals surface area contributed by atoms with Gasteiger partial charge in [-0.25, -0.2) is 15.0 Å². The number of rotatable bonds is 9. The lowest BCUT2D eigenvalue weighted by molar-refractivity contribution is 0.0398. The molecule has 4 aromatic rings. The average molecular weight is 460 g/mol. The number of anilines is 1. The van der Waals surface area contributed by atoms with Gasteiger partial charge in [0.05, 0.1) is 30.0 Å². The highest BCUT2D eigenvalue weighted by atomic mass is 16.5. The molecule has 1 fully saturated rings. The highest BCUT2D eigenvalue weighted by Gasteiger charge is 2.16. The molecule has 1 aliphatic rings. The maximum absolute atomic E-state index is 6.05. The number of nitrogens with one attached hydrogen (secondary N) is 2. The molecule has 10 heteroatoms. The second kappa shape index (κ2) is 10.6. The van der Waals surface area contributed by atoms with Gasteiger partial charge in [-0.2, -0.15) is 10.1 Å². The number of hydrogen-bond acceptors (Lipinski definition) is 9. The summed E-state index contributed by atoms with van der Waals surface area (Å²) in [6.07, 6.45) is 4.21. The molecule has 34 heavy (non-hydrogen) atoms. The van der Waals surface area contributed by atoms with Crippen molar-refractivity contribution in [2.75, 3.05) is 51.3 Å². The Kier molecular flexibility index (Phi) is 6.99. The highest BCUT2D eigenvalue weighted by Crippen LogP contribution is 2.25. The predicted octanol–water partition coefficient (Wildman–Crippen LogP) is 1.84. The monoisotopic (exact) mass is 459 g/mol. The largest absolute Gasteiger partial charge is 0.379 e. The molecule has 0 spiro atoms. The number of hydrogen-bond donors (Lipinski definition) is 3. The molecule has 0 bridgehead atoms. The Morgan fingerprint density at radius 3 is 2.76 bits per heavy atom. The predicted molar refractivity (Wildman–Crippen MR) is 130 cm³/mol. The molecule has 0 amide bonds. The van der Waals surface area contributed by atoms with Gasteiger partial charge in [0.2, 0.25) is 5.95 Å². The quantitative estimate of drug-likeness (QED) is 0.343. The summed E-state index contributed by atoms with van der Waals surface area (Å²) >= 11 is 0. The fourth-order valence-corrected chi connectivity index (χ4v) is 4.15. The van der Waals surface area contributed by atoms with Crippen LogP contribution >= 0.6 is 0 Å². The average Bonchev–Trinajstić information content (AvgIpc) is 3.32. The molecule has 5 rings (SSSR count). The number of fused-ring (bicyclic) bond motifs is 1. The summed E-state index contributed by atoms with van der Waals surface area (Å²) < 4.78 is 5.39. The normalized spacial score (nSPS) is 15.4. The smallest absolute Gasteiger partial charge is 0.224 e. The Hall–Kier alpha value is -3.47. The van der Waals surface area contributed by atoms with Gasteiger partial charge in [-0.15, -0.1) is 0 Å². The molecule has 1 atom stereocenters. The van der Waals surface area contributed by atoms with Crippen molar-refractivity contribution < 1.29 is 4.74 Å². The Morgan fingerprint density at radius 2 is 1.94 bits per heavy atom. The Balaban J connectivity index is 1.28. The first-order chi connectivity index (χ1) is 16.8. The van der Waals surface area contributed by atoms with Gasteiger partial charge in [-0.05, 0) is 18.2 Å². The van der Waals surface area contributed by atoms with Crippen LogP contribution < -0.4 is 11.1 Å². The molecule has 1 unspecified atom stereocenters. The van der Waals surface area contributed by atoms with Gasteiger partial charge >= 0.3 is 0 Å². The van der Waals surface area contributed by atoms with E-state index in [2.05, 4.69) is 47.5 Å². The first-order valence-electron chi connectivity index (χ1n) is 11.6. The highest BCUT2D eigenvalue weighted by molar-refractivity contribution is 5.89. The van der Waals surface area contributed by atoms with Crippen LogP contribution in [0.25, 0.3) is 22.4 Å². The van der Waals surface area contributed by atoms with Crippen molar-refractivity contribution in [3.8, 4) is 11.4 Å². The number of aromatic nitrogens is 6. The third-order valence-electron chi connectivity index (χ3n) is 6.07. The second-order valence-electron chi connectivity index (χ2n) is 8.32. The number of nitrogens with zero attached hydrogens (tertiary/aromatic N) is 6. The Bertz CT molecular complexity index is 1210. The third kappa shape index (κ3) is 5.19. The summed E-state index contributed by atoms with van der Waals surface area (Å²) in [5.74, 6) is 1.46. The standard InChI is InChI=1S/C24H29N9O/c25-15-18(17-4-2-1-3-5-17)14-21-26-7-6-20(29-21)22-19-16-28-24(30-23(19)32-31-22)27-8-9-33-10-12-34-13-11-33/h1-7,16,18H,8-15,25H2,(H2,27,28,30,31,32). The van der Waals surface area contributed by atoms with Crippen LogP contribution in [0.1, 0.15) is 17.3 Å². The number of aromatic amines is 1. The third-order valence-corrected chi connectivity index (χ3v) is 6.07. The maximum Gasteiger partial charge on any atom is 0.224 e. The van der Waals surface area contributed by atoms with Crippen molar-refractivity contribution in [2.45, 2.75) is 12.3 Å². The molecule has 1 aliphatic heterocycles. The number of ether oxygens (including phenoxy) is 1. The summed E-state index contributed by atoms with van der Waals surface area (Å²) in [6, 6.07) is 12.1. The number of benzene rings is 1. The van der Waals surface area contributed by atoms with Gasteiger partial charge in [0, 0.05) is 50.9 Å². The molecular weight excluding hydrogens is 430 g/mol. The van der Waals surface area contributed by atoms with Crippen molar-refractivity contribution in [1.29, 1.82) is 0 Å². The van der Waals surface area contributed by atoms with E-state index in [1.807, 2.05) is 24.3 Å². The zero-order valence-corrected chi connectivity index (χ0v) is 19.0. The topological polar surface area (TPSA) is 131 Å². The minimum Gasteiger partial charge on any atom is -0.379 e. The van der Waals surface area contributed by atoms with E-state index in [0.717, 1.165) is 62.0 Å². The molecule has 3 aromatic heterocycles. The lowest BCUT2D eigenvalue weighted by Gasteiger charge is -2.26. The molecule has 1 saturated heterocycles. The minimum absolute atomic E-state index is 0.157. The van der Waals surface area contributed by atoms with Gasteiger partial charge in [0.15, 0.2) is 5.65 Å². The lowest BCUT2D eigenvalue weighted by atomic mass is 9.95. The number of nitrogens with two attached hydrogens (primary N) is 1. The Labute approximate surface area is 198 Å². The molecular formula is C24H29N9O. The molecule has 4 N–H and O–H groups in total. The van der Waals surface area contributed by atoms with E-state index in [1.54, 1.807) is 12.4 Å². The summed E-state index contributed by atoms with van der Waals surface area (Å²) in [6.45, 7) is 5.73. The van der Waals surface area contributed by atoms with Crippen LogP contribution in [0.4, 0.5) is 5.95 Å². The molecule has 0 aliphatic carbocycles. The lowest BCUT2D eigenvalue weighted by Crippen LogP contribution is -2.39. The summed E-state index contributed by atoms with van der Waals surface area (Å²) in [5, 5.41) is 11.6. The van der Waals surface area contributed by atoms with E-state index in [4.69, 9.17) is 15.5 Å². The van der Waals surface area contributed by atoms with Crippen LogP contribution in [0.3, 0.4) is 0 Å². The van der Waals surface area contributed by atoms with Gasteiger partial charge < -0.3 is 15.8 Å². The number of morpholine rings is 1. The van der Waals surface area contributed by atoms with Crippen LogP contribution in [-0.2, 0) is 11.2 Å². The van der Waals surface area contributed by atoms with Crippen molar-refractivity contribution in [3.05, 3.63) is 60.2 Å². The first-order valence-corrected chi connectivity index (χ1v) is 11.6. The zero-order chi connectivity index (χ0) is 23.2. The molecule has 0 radical (unpaired) electrons. The van der Waals surface area contributed by atoms with Crippen molar-refractivity contribution in [2.24, 2.45) is 5.73 Å². The molecule has 1 aromatic carbocycles. The summed E-state index contributed by atoms with van der Waals surface area (Å²) in [7, 11) is 0. The van der Waals surface area contributed by atoms with E-state index >= 15 is 0 Å². The second-order valence-corrected chi connectivity index (χ2v) is 8.32. The minimum atomic E-state index is 0.157. The fraction of sp³-hybridized carbons (Fsp3) is 0.375. The van der Waals surface area contributed by atoms with E-state index in [9.17, 15) is 0 Å². The van der Waals surface area contributed by atoms with Crippen LogP contribution in [0, 0.1) is 0 Å². The molecule has 4 heterocycles. The van der Waals surface area contributed by atoms with Crippen LogP contribution in [0.5, 0.6) is 0 Å². The van der Waals surface area contributed by atoms with Gasteiger partial charge in [-0.1, -0.05) is 30.3 Å². The summed E-state index contributed by atoms with van der Waals surface area (Å²) in [4.78, 5) is 20.7. The molecule has 10 nitrogen and oxygen atoms in total. The zero-order valence-electron chi connectivity index (χ0n) is 19.0. The van der Waals surface area contributed by atoms with Gasteiger partial charge in [0.25, 0.3) is 0 Å². The fourth-order valence-electron chi connectivity index (χ4n) is 4.15. The molecule has 0 saturated carbocycles. The summed E-state index contributed by atoms with van der Waals surface area (Å²) in [5.41, 5.74) is 9.37. The van der Waals surface area contributed by atoms with E-state index < -0.39 is 0 Å². The van der Waals surface area contributed by atoms with E-state index in [-0.39, 0.29) is 5.92 Å². The van der Waals surface area contributed by atoms with Crippen molar-refractivity contribution in [1.82, 2.24) is 35.0 Å². The van der Waals surface area contributed by atoms with Crippen LogP contribution in [-0.4, -0.2) is 81.0 Å². The van der Waals surface area contributed by atoms with Crippen molar-refractivity contribution in [3.63, 3.8) is 0 Å². The van der Waals surface area contributed by atoms with Crippen LogP contribution in [0.15, 0.2) is 48.8 Å². The van der Waals surface area contributed by atoms with E-state index in [1.165, 1.54) is 5.56 Å². The van der Waals surface area contributed by atoms with Crippen molar-refractivity contribution >= 4 is 17.0 Å². The van der Waals surface area contributed by atoms with Gasteiger partial charge in [-0.3, -0.25) is 10.00 Å².